The highest BCUT2D eigenvalue weighted by atomic mass is 79.9. The Kier molecular flexibility index (Phi) is 8.31. The minimum Gasteiger partial charge on any atom is -0.493 e. The number of nitriles is 1. The van der Waals surface area contributed by atoms with Gasteiger partial charge in [-0.25, -0.2) is 0 Å². The van der Waals surface area contributed by atoms with Crippen molar-refractivity contribution in [3.05, 3.63) is 91.4 Å². The molecule has 0 saturated carbocycles. The van der Waals surface area contributed by atoms with Gasteiger partial charge in [-0.15, -0.1) is 0 Å². The van der Waals surface area contributed by atoms with Gasteiger partial charge in [0.1, 0.15) is 16.5 Å². The maximum Gasteiger partial charge on any atom is 0.339 e. The van der Waals surface area contributed by atoms with Crippen LogP contribution in [0.15, 0.2) is 75.6 Å². The third kappa shape index (κ3) is 6.39. The smallest absolute Gasteiger partial charge is 0.339 e. The predicted octanol–water partition coefficient (Wildman–Crippen LogP) is 5.33. The molecule has 0 bridgehead atoms. The van der Waals surface area contributed by atoms with E-state index in [0.29, 0.717) is 10.6 Å². The van der Waals surface area contributed by atoms with Crippen LogP contribution < -0.4 is 14.2 Å². The van der Waals surface area contributed by atoms with Gasteiger partial charge in [0.15, 0.2) is 11.5 Å². The van der Waals surface area contributed by atoms with E-state index in [1.54, 1.807) is 6.07 Å². The molecule has 184 valence electrons. The lowest BCUT2D eigenvalue weighted by Crippen LogP contribution is -2.13. The Morgan fingerprint density at radius 3 is 2.50 bits per heavy atom. The first-order valence-electron chi connectivity index (χ1n) is 9.79. The number of carbonyl (C=O) groups is 1. The summed E-state index contributed by atoms with van der Waals surface area (Å²) < 4.78 is 36.0. The average molecular weight is 593 g/mol. The van der Waals surface area contributed by atoms with Crippen molar-refractivity contribution in [1.29, 1.82) is 5.26 Å². The number of non-ortho nitro benzene ring substituents is 1. The predicted molar refractivity (Wildman–Crippen MR) is 135 cm³/mol. The van der Waals surface area contributed by atoms with Crippen LogP contribution in [0.25, 0.3) is 6.08 Å². The average Bonchev–Trinajstić information content (AvgIpc) is 2.84. The Hall–Kier alpha value is -3.92. The van der Waals surface area contributed by atoms with Gasteiger partial charge in [-0.2, -0.15) is 13.7 Å². The molecule has 1 N–H and O–H groups in total. The van der Waals surface area contributed by atoms with Crippen molar-refractivity contribution in [2.75, 3.05) is 12.4 Å². The zero-order valence-corrected chi connectivity index (χ0v) is 21.4. The highest BCUT2D eigenvalue weighted by molar-refractivity contribution is 9.10. The van der Waals surface area contributed by atoms with E-state index in [-0.39, 0.29) is 37.8 Å². The monoisotopic (exact) mass is 591 g/mol. The molecule has 0 atom stereocenters. The van der Waals surface area contributed by atoms with Crippen molar-refractivity contribution in [2.45, 2.75) is 4.90 Å². The molecule has 0 aliphatic heterocycles. The third-order valence-electron chi connectivity index (χ3n) is 4.54. The van der Waals surface area contributed by atoms with Crippen LogP contribution in [-0.2, 0) is 14.9 Å². The van der Waals surface area contributed by atoms with E-state index in [4.69, 9.17) is 20.5 Å². The minimum absolute atomic E-state index is 0.00421. The zero-order chi connectivity index (χ0) is 26.5. The van der Waals surface area contributed by atoms with E-state index in [2.05, 4.69) is 21.2 Å². The summed E-state index contributed by atoms with van der Waals surface area (Å²) in [6, 6.07) is 15.2. The summed E-state index contributed by atoms with van der Waals surface area (Å²) >= 11 is 9.04. The third-order valence-corrected chi connectivity index (χ3v) is 6.61. The van der Waals surface area contributed by atoms with E-state index < -0.39 is 20.9 Å². The first-order chi connectivity index (χ1) is 17.0. The number of nitrogens with zero attached hydrogens (tertiary/aromatic N) is 2. The number of halogens is 2. The summed E-state index contributed by atoms with van der Waals surface area (Å²) in [4.78, 5) is 22.8. The van der Waals surface area contributed by atoms with E-state index in [0.717, 1.165) is 6.07 Å². The molecule has 0 radical (unpaired) electrons. The number of nitro groups is 1. The van der Waals surface area contributed by atoms with Crippen LogP contribution in [0.2, 0.25) is 5.02 Å². The molecule has 0 fully saturated rings. The first kappa shape index (κ1) is 26.7. The number of hydrogen-bond donors (Lipinski definition) is 1. The molecule has 0 unspecified atom stereocenters. The van der Waals surface area contributed by atoms with E-state index in [1.807, 2.05) is 0 Å². The van der Waals surface area contributed by atoms with Crippen LogP contribution in [0.1, 0.15) is 5.56 Å². The summed E-state index contributed by atoms with van der Waals surface area (Å²) in [6.45, 7) is 0. The van der Waals surface area contributed by atoms with Crippen molar-refractivity contribution in [3.63, 3.8) is 0 Å². The molecule has 36 heavy (non-hydrogen) atoms. The number of carbonyl (C=O) groups excluding carboxylic acids is 1. The Balaban J connectivity index is 1.90. The molecular weight excluding hydrogens is 578 g/mol. The number of nitrogens with one attached hydrogen (secondary N) is 1. The largest absolute Gasteiger partial charge is 0.493 e. The maximum absolute atomic E-state index is 12.7. The molecule has 3 aromatic carbocycles. The summed E-state index contributed by atoms with van der Waals surface area (Å²) in [5, 5.41) is 23.2. The number of ether oxygens (including phenoxy) is 1. The number of methoxy groups -OCH3 is 1. The highest BCUT2D eigenvalue weighted by Crippen LogP contribution is 2.39. The van der Waals surface area contributed by atoms with Gasteiger partial charge in [-0.1, -0.05) is 17.7 Å². The molecule has 3 aromatic rings. The summed E-state index contributed by atoms with van der Waals surface area (Å²) in [5.74, 6) is -0.951. The summed E-state index contributed by atoms with van der Waals surface area (Å²) in [5.41, 5.74) is -0.114. The van der Waals surface area contributed by atoms with Crippen LogP contribution in [0.3, 0.4) is 0 Å². The molecule has 13 heteroatoms. The van der Waals surface area contributed by atoms with E-state index >= 15 is 0 Å². The lowest BCUT2D eigenvalue weighted by atomic mass is 10.1. The first-order valence-corrected chi connectivity index (χ1v) is 12.4. The fourth-order valence-corrected chi connectivity index (χ4v) is 4.60. The molecule has 0 heterocycles. The topological polar surface area (TPSA) is 149 Å². The second-order valence-corrected chi connectivity index (χ2v) is 9.79. The Bertz CT molecular complexity index is 1520. The van der Waals surface area contributed by atoms with Crippen LogP contribution >= 0.6 is 27.5 Å². The molecule has 0 aliphatic rings. The molecular formula is C23H15BrClN3O7S. The molecule has 0 aliphatic carbocycles. The van der Waals surface area contributed by atoms with Gasteiger partial charge in [-0.05, 0) is 70.0 Å². The number of rotatable bonds is 8. The van der Waals surface area contributed by atoms with Crippen LogP contribution in [0, 0.1) is 21.4 Å². The van der Waals surface area contributed by atoms with Crippen molar-refractivity contribution in [3.8, 4) is 17.6 Å². The van der Waals surface area contributed by atoms with Crippen LogP contribution in [-0.4, -0.2) is 26.4 Å². The van der Waals surface area contributed by atoms with Gasteiger partial charge < -0.3 is 14.2 Å². The summed E-state index contributed by atoms with van der Waals surface area (Å²) in [7, 11) is -2.94. The van der Waals surface area contributed by atoms with Crippen LogP contribution in [0.5, 0.6) is 11.5 Å². The second-order valence-electron chi connectivity index (χ2n) is 6.96. The van der Waals surface area contributed by atoms with Gasteiger partial charge in [0.05, 0.1) is 16.5 Å². The van der Waals surface area contributed by atoms with Gasteiger partial charge in [0.25, 0.3) is 11.6 Å². The molecule has 0 aromatic heterocycles. The lowest BCUT2D eigenvalue weighted by molar-refractivity contribution is -0.384. The lowest BCUT2D eigenvalue weighted by Gasteiger charge is -2.13. The number of benzene rings is 3. The van der Waals surface area contributed by atoms with Crippen molar-refractivity contribution < 1.29 is 27.1 Å². The van der Waals surface area contributed by atoms with Crippen molar-refractivity contribution >= 4 is 61.0 Å². The molecule has 10 nitrogen and oxygen atoms in total. The maximum atomic E-state index is 12.7. The van der Waals surface area contributed by atoms with Gasteiger partial charge in [0, 0.05) is 22.8 Å². The number of amides is 1. The number of hydrogen-bond acceptors (Lipinski definition) is 8. The normalized spacial score (nSPS) is 11.3. The van der Waals surface area contributed by atoms with E-state index in [9.17, 15) is 28.6 Å². The summed E-state index contributed by atoms with van der Waals surface area (Å²) in [6.07, 6.45) is 1.23. The molecule has 3 rings (SSSR count). The fourth-order valence-electron chi connectivity index (χ4n) is 2.87. The quantitative estimate of drug-likeness (QED) is 0.121. The highest BCUT2D eigenvalue weighted by Gasteiger charge is 2.22. The SMILES string of the molecule is COc1cc(/C=C(\C#N)C(=O)Nc2cccc([N+](=O)[O-])c2)cc(Br)c1OS(=O)(=O)c1ccc(Cl)cc1. The van der Waals surface area contributed by atoms with E-state index in [1.165, 1.54) is 67.8 Å². The Morgan fingerprint density at radius 1 is 1.19 bits per heavy atom. The second kappa shape index (κ2) is 11.2. The van der Waals surface area contributed by atoms with Crippen molar-refractivity contribution in [2.24, 2.45) is 0 Å². The van der Waals surface area contributed by atoms with Crippen LogP contribution in [0.4, 0.5) is 11.4 Å². The standard InChI is InChI=1S/C23H15BrClN3O7S/c1-34-21-11-14(9-15(13-26)23(29)27-17-3-2-4-18(12-17)28(30)31)10-20(24)22(21)35-36(32,33)19-7-5-16(25)6-8-19/h2-12H,1H3,(H,27,29)/b15-9+. The van der Waals surface area contributed by atoms with Gasteiger partial charge in [0.2, 0.25) is 0 Å². The van der Waals surface area contributed by atoms with Gasteiger partial charge in [-0.3, -0.25) is 14.9 Å². The molecule has 0 saturated heterocycles. The molecule has 0 spiro atoms. The number of nitro benzene ring substituents is 1. The zero-order valence-electron chi connectivity index (χ0n) is 18.3. The number of anilines is 1. The van der Waals surface area contributed by atoms with Crippen molar-refractivity contribution in [1.82, 2.24) is 0 Å². The fraction of sp³-hybridized carbons (Fsp3) is 0.0435. The molecule has 1 amide bonds. The van der Waals surface area contributed by atoms with Gasteiger partial charge >= 0.3 is 10.1 Å². The Morgan fingerprint density at radius 2 is 1.89 bits per heavy atom. The Labute approximate surface area is 219 Å². The minimum atomic E-state index is -4.23.